The van der Waals surface area contributed by atoms with Crippen molar-refractivity contribution in [1.82, 2.24) is 9.80 Å². The second-order valence-corrected chi connectivity index (χ2v) is 6.16. The van der Waals surface area contributed by atoms with Gasteiger partial charge in [-0.1, -0.05) is 0 Å². The number of rotatable bonds is 1. The maximum Gasteiger partial charge on any atom is 0.0200 e. The van der Waals surface area contributed by atoms with E-state index >= 15 is 0 Å². The molecule has 1 aliphatic heterocycles. The van der Waals surface area contributed by atoms with Gasteiger partial charge in [-0.3, -0.25) is 9.80 Å². The Bertz CT molecular complexity index is 193. The Hall–Kier alpha value is -0.0800. The van der Waals surface area contributed by atoms with Gasteiger partial charge in [0.15, 0.2) is 0 Å². The normalized spacial score (nSPS) is 27.0. The molecule has 1 unspecified atom stereocenters. The van der Waals surface area contributed by atoms with Gasteiger partial charge in [-0.05, 0) is 54.5 Å². The highest BCUT2D eigenvalue weighted by molar-refractivity contribution is 4.86. The molecule has 0 aliphatic carbocycles. The highest BCUT2D eigenvalue weighted by atomic mass is 15.3. The molecule has 0 spiro atoms. The van der Waals surface area contributed by atoms with Gasteiger partial charge in [-0.15, -0.1) is 0 Å². The van der Waals surface area contributed by atoms with Crippen molar-refractivity contribution < 1.29 is 0 Å². The number of nitrogens with zero attached hydrogens (tertiary/aromatic N) is 2. The molecule has 0 amide bonds. The highest BCUT2D eigenvalue weighted by Gasteiger charge is 2.29. The maximum atomic E-state index is 2.65. The molecule has 1 heterocycles. The van der Waals surface area contributed by atoms with Crippen molar-refractivity contribution in [2.24, 2.45) is 0 Å². The Balaban J connectivity index is 2.66. The summed E-state index contributed by atoms with van der Waals surface area (Å²) >= 11 is 0. The molecule has 15 heavy (non-hydrogen) atoms. The summed E-state index contributed by atoms with van der Waals surface area (Å²) in [4.78, 5) is 5.26. The van der Waals surface area contributed by atoms with Gasteiger partial charge in [0.1, 0.15) is 0 Å². The van der Waals surface area contributed by atoms with E-state index in [1.165, 1.54) is 26.1 Å². The molecule has 0 saturated carbocycles. The largest absolute Gasteiger partial charge is 0.299 e. The minimum atomic E-state index is 0.312. The number of hydrogen-bond acceptors (Lipinski definition) is 2. The van der Waals surface area contributed by atoms with Crippen LogP contribution in [0.5, 0.6) is 0 Å². The van der Waals surface area contributed by atoms with E-state index in [9.17, 15) is 0 Å². The highest BCUT2D eigenvalue weighted by Crippen LogP contribution is 2.21. The summed E-state index contributed by atoms with van der Waals surface area (Å²) in [5.41, 5.74) is 0.312. The summed E-state index contributed by atoms with van der Waals surface area (Å²) in [6.07, 6.45) is 1.31. The first-order valence-electron chi connectivity index (χ1n) is 6.33. The quantitative estimate of drug-likeness (QED) is 0.659. The summed E-state index contributed by atoms with van der Waals surface area (Å²) in [5.74, 6) is 0. The molecule has 0 N–H and O–H groups in total. The molecule has 0 aromatic carbocycles. The van der Waals surface area contributed by atoms with Gasteiger partial charge >= 0.3 is 0 Å². The zero-order valence-electron chi connectivity index (χ0n) is 11.4. The predicted molar refractivity (Wildman–Crippen MR) is 67.2 cm³/mol. The third-order valence-corrected chi connectivity index (χ3v) is 3.47. The minimum absolute atomic E-state index is 0.312. The van der Waals surface area contributed by atoms with Crippen molar-refractivity contribution in [3.05, 3.63) is 0 Å². The minimum Gasteiger partial charge on any atom is -0.299 e. The van der Waals surface area contributed by atoms with E-state index in [4.69, 9.17) is 0 Å². The van der Waals surface area contributed by atoms with Crippen LogP contribution in [-0.4, -0.2) is 47.1 Å². The lowest BCUT2D eigenvalue weighted by atomic mass is 10.0. The van der Waals surface area contributed by atoms with Crippen LogP contribution in [0.2, 0.25) is 0 Å². The molecule has 1 rings (SSSR count). The summed E-state index contributed by atoms with van der Waals surface area (Å²) in [6, 6.07) is 1.36. The molecule has 0 aromatic rings. The van der Waals surface area contributed by atoms with Crippen LogP contribution in [0.25, 0.3) is 0 Å². The SMILES string of the molecule is CC(C)N1CCCN(C(C)(C)C)C(C)C1. The fourth-order valence-electron chi connectivity index (χ4n) is 2.66. The summed E-state index contributed by atoms with van der Waals surface area (Å²) in [6.45, 7) is 17.7. The van der Waals surface area contributed by atoms with E-state index < -0.39 is 0 Å². The van der Waals surface area contributed by atoms with Gasteiger partial charge < -0.3 is 0 Å². The van der Waals surface area contributed by atoms with Crippen molar-refractivity contribution in [2.75, 3.05) is 19.6 Å². The van der Waals surface area contributed by atoms with Gasteiger partial charge in [0.05, 0.1) is 0 Å². The maximum absolute atomic E-state index is 2.65. The smallest absolute Gasteiger partial charge is 0.0200 e. The third-order valence-electron chi connectivity index (χ3n) is 3.47. The third kappa shape index (κ3) is 3.46. The Morgan fingerprint density at radius 2 is 1.73 bits per heavy atom. The Labute approximate surface area is 95.6 Å². The molecule has 0 bridgehead atoms. The van der Waals surface area contributed by atoms with Crippen LogP contribution in [0.4, 0.5) is 0 Å². The fraction of sp³-hybridized carbons (Fsp3) is 1.00. The molecule has 90 valence electrons. The van der Waals surface area contributed by atoms with Crippen LogP contribution in [0.1, 0.15) is 48.0 Å². The van der Waals surface area contributed by atoms with Crippen LogP contribution in [-0.2, 0) is 0 Å². The first-order valence-corrected chi connectivity index (χ1v) is 6.33. The van der Waals surface area contributed by atoms with Crippen molar-refractivity contribution in [3.63, 3.8) is 0 Å². The molecule has 1 atom stereocenters. The van der Waals surface area contributed by atoms with Gasteiger partial charge in [-0.2, -0.15) is 0 Å². The lowest BCUT2D eigenvalue weighted by Crippen LogP contribution is -2.49. The van der Waals surface area contributed by atoms with Crippen molar-refractivity contribution in [3.8, 4) is 0 Å². The Morgan fingerprint density at radius 3 is 2.20 bits per heavy atom. The van der Waals surface area contributed by atoms with Crippen LogP contribution in [0, 0.1) is 0 Å². The summed E-state index contributed by atoms with van der Waals surface area (Å²) in [5, 5.41) is 0. The topological polar surface area (TPSA) is 6.48 Å². The molecule has 1 saturated heterocycles. The van der Waals surface area contributed by atoms with E-state index in [2.05, 4.69) is 51.3 Å². The van der Waals surface area contributed by atoms with Crippen LogP contribution in [0.15, 0.2) is 0 Å². The Kier molecular flexibility index (Phi) is 4.19. The lowest BCUT2D eigenvalue weighted by Gasteiger charge is -2.40. The van der Waals surface area contributed by atoms with E-state index in [1.807, 2.05) is 0 Å². The first kappa shape index (κ1) is 13.0. The zero-order chi connectivity index (χ0) is 11.6. The van der Waals surface area contributed by atoms with Crippen LogP contribution < -0.4 is 0 Å². The monoisotopic (exact) mass is 212 g/mol. The molecule has 2 heteroatoms. The molecule has 1 aliphatic rings. The number of hydrogen-bond donors (Lipinski definition) is 0. The van der Waals surface area contributed by atoms with E-state index in [1.54, 1.807) is 0 Å². The van der Waals surface area contributed by atoms with E-state index in [-0.39, 0.29) is 0 Å². The van der Waals surface area contributed by atoms with E-state index in [0.29, 0.717) is 17.6 Å². The van der Waals surface area contributed by atoms with Crippen LogP contribution in [0.3, 0.4) is 0 Å². The second kappa shape index (κ2) is 4.84. The summed E-state index contributed by atoms with van der Waals surface area (Å²) in [7, 11) is 0. The van der Waals surface area contributed by atoms with E-state index in [0.717, 1.165) is 0 Å². The lowest BCUT2D eigenvalue weighted by molar-refractivity contribution is 0.0857. The molecule has 0 aromatic heterocycles. The average molecular weight is 212 g/mol. The Morgan fingerprint density at radius 1 is 1.13 bits per heavy atom. The molecular weight excluding hydrogens is 184 g/mol. The summed E-state index contributed by atoms with van der Waals surface area (Å²) < 4.78 is 0. The molecule has 1 fully saturated rings. The second-order valence-electron chi connectivity index (χ2n) is 6.16. The predicted octanol–water partition coefficient (Wildman–Crippen LogP) is 2.59. The van der Waals surface area contributed by atoms with Crippen molar-refractivity contribution in [2.45, 2.75) is 65.6 Å². The van der Waals surface area contributed by atoms with Gasteiger partial charge in [0.2, 0.25) is 0 Å². The van der Waals surface area contributed by atoms with Crippen molar-refractivity contribution >= 4 is 0 Å². The van der Waals surface area contributed by atoms with Gasteiger partial charge in [0, 0.05) is 30.7 Å². The average Bonchev–Trinajstić information content (AvgIpc) is 2.25. The standard InChI is InChI=1S/C13H28N2/c1-11(2)14-8-7-9-15(12(3)10-14)13(4,5)6/h11-12H,7-10H2,1-6H3. The molecule has 0 radical (unpaired) electrons. The van der Waals surface area contributed by atoms with Crippen LogP contribution >= 0.6 is 0 Å². The zero-order valence-corrected chi connectivity index (χ0v) is 11.4. The fourth-order valence-corrected chi connectivity index (χ4v) is 2.66. The van der Waals surface area contributed by atoms with Crippen molar-refractivity contribution in [1.29, 1.82) is 0 Å². The molecule has 2 nitrogen and oxygen atoms in total. The first-order chi connectivity index (χ1) is 6.82. The van der Waals surface area contributed by atoms with Gasteiger partial charge in [-0.25, -0.2) is 0 Å². The van der Waals surface area contributed by atoms with Gasteiger partial charge in [0.25, 0.3) is 0 Å². The molecular formula is C13H28N2.